The number of aryl methyl sites for hydroxylation is 1. The summed E-state index contributed by atoms with van der Waals surface area (Å²) >= 11 is 0. The molecule has 1 saturated heterocycles. The quantitative estimate of drug-likeness (QED) is 0.832. The van der Waals surface area contributed by atoms with Crippen molar-refractivity contribution in [2.75, 3.05) is 13.1 Å². The molecule has 6 heteroatoms. The van der Waals surface area contributed by atoms with Gasteiger partial charge in [-0.15, -0.1) is 10.2 Å². The van der Waals surface area contributed by atoms with Crippen molar-refractivity contribution < 1.29 is 4.79 Å². The van der Waals surface area contributed by atoms with E-state index in [-0.39, 0.29) is 5.91 Å². The molecule has 4 rings (SSSR count). The number of pyridine rings is 1. The highest BCUT2D eigenvalue weighted by Gasteiger charge is 2.38. The molecule has 26 heavy (non-hydrogen) atoms. The number of nitrogens with zero attached hydrogens (tertiary/aromatic N) is 5. The Morgan fingerprint density at radius 1 is 1.08 bits per heavy atom. The van der Waals surface area contributed by atoms with Crippen LogP contribution >= 0.6 is 0 Å². The summed E-state index contributed by atoms with van der Waals surface area (Å²) in [6.45, 7) is 7.02. The molecule has 2 aliphatic rings. The summed E-state index contributed by atoms with van der Waals surface area (Å²) in [5.74, 6) is 2.72. The maximum Gasteiger partial charge on any atom is 0.272 e. The van der Waals surface area contributed by atoms with E-state index in [0.717, 1.165) is 63.4 Å². The number of hydrogen-bond donors (Lipinski definition) is 0. The first kappa shape index (κ1) is 17.2. The maximum atomic E-state index is 12.6. The zero-order valence-corrected chi connectivity index (χ0v) is 15.7. The van der Waals surface area contributed by atoms with E-state index in [1.807, 2.05) is 17.0 Å². The summed E-state index contributed by atoms with van der Waals surface area (Å²) in [6.07, 6.45) is 7.12. The zero-order valence-electron chi connectivity index (χ0n) is 15.7. The van der Waals surface area contributed by atoms with Crippen molar-refractivity contribution in [2.24, 2.45) is 5.41 Å². The molecule has 138 valence electrons. The van der Waals surface area contributed by atoms with Crippen LogP contribution in [0.5, 0.6) is 0 Å². The highest BCUT2D eigenvalue weighted by molar-refractivity contribution is 5.92. The molecule has 1 spiro atoms. The lowest BCUT2D eigenvalue weighted by atomic mass is 9.72. The Labute approximate surface area is 154 Å². The first-order valence-electron chi connectivity index (χ1n) is 9.70. The smallest absolute Gasteiger partial charge is 0.272 e. The molecule has 6 nitrogen and oxygen atoms in total. The van der Waals surface area contributed by atoms with Crippen molar-refractivity contribution >= 4 is 5.91 Å². The van der Waals surface area contributed by atoms with Crippen LogP contribution in [0.15, 0.2) is 24.4 Å². The molecule has 0 atom stereocenters. The van der Waals surface area contributed by atoms with Crippen LogP contribution in [0.3, 0.4) is 0 Å². The van der Waals surface area contributed by atoms with Gasteiger partial charge in [-0.2, -0.15) is 0 Å². The number of fused-ring (bicyclic) bond motifs is 1. The van der Waals surface area contributed by atoms with Gasteiger partial charge in [0.25, 0.3) is 5.91 Å². The van der Waals surface area contributed by atoms with E-state index in [1.54, 1.807) is 12.3 Å². The fourth-order valence-electron chi connectivity index (χ4n) is 4.39. The van der Waals surface area contributed by atoms with E-state index < -0.39 is 0 Å². The van der Waals surface area contributed by atoms with E-state index in [1.165, 1.54) is 0 Å². The second-order valence-corrected chi connectivity index (χ2v) is 8.04. The molecule has 0 aliphatic carbocycles. The van der Waals surface area contributed by atoms with Crippen molar-refractivity contribution in [2.45, 2.75) is 58.4 Å². The third-order valence-electron chi connectivity index (χ3n) is 6.11. The van der Waals surface area contributed by atoms with E-state index >= 15 is 0 Å². The normalized spacial score (nSPS) is 19.4. The first-order valence-corrected chi connectivity index (χ1v) is 9.70. The Morgan fingerprint density at radius 2 is 1.85 bits per heavy atom. The van der Waals surface area contributed by atoms with Crippen LogP contribution in [0.4, 0.5) is 0 Å². The molecule has 0 radical (unpaired) electrons. The molecule has 2 aromatic heterocycles. The van der Waals surface area contributed by atoms with Crippen molar-refractivity contribution in [1.82, 2.24) is 24.6 Å². The molecule has 2 aliphatic heterocycles. The number of carbonyl (C=O) groups excluding carboxylic acids is 1. The van der Waals surface area contributed by atoms with Gasteiger partial charge in [-0.05, 0) is 43.2 Å². The number of rotatable bonds is 2. The van der Waals surface area contributed by atoms with Crippen LogP contribution in [-0.4, -0.2) is 43.6 Å². The summed E-state index contributed by atoms with van der Waals surface area (Å²) in [7, 11) is 0. The number of aromatic nitrogens is 4. The number of amides is 1. The molecule has 0 aromatic carbocycles. The summed E-state index contributed by atoms with van der Waals surface area (Å²) in [6, 6.07) is 5.52. The van der Waals surface area contributed by atoms with Crippen molar-refractivity contribution in [3.05, 3.63) is 41.7 Å². The minimum atomic E-state index is 0.0632. The number of hydrogen-bond acceptors (Lipinski definition) is 4. The van der Waals surface area contributed by atoms with Gasteiger partial charge in [0, 0.05) is 38.2 Å². The minimum absolute atomic E-state index is 0.0632. The number of likely N-dealkylation sites (tertiary alicyclic amines) is 1. The lowest BCUT2D eigenvalue weighted by Gasteiger charge is -2.41. The lowest BCUT2D eigenvalue weighted by Crippen LogP contribution is -2.43. The van der Waals surface area contributed by atoms with Gasteiger partial charge >= 0.3 is 0 Å². The van der Waals surface area contributed by atoms with E-state index in [9.17, 15) is 4.79 Å². The van der Waals surface area contributed by atoms with Crippen LogP contribution < -0.4 is 0 Å². The van der Waals surface area contributed by atoms with Crippen molar-refractivity contribution in [3.63, 3.8) is 0 Å². The Balaban J connectivity index is 1.42. The fraction of sp³-hybridized carbons (Fsp3) is 0.600. The van der Waals surface area contributed by atoms with Crippen molar-refractivity contribution in [3.8, 4) is 0 Å². The molecule has 0 bridgehead atoms. The van der Waals surface area contributed by atoms with Crippen LogP contribution in [0, 0.1) is 5.41 Å². The molecule has 1 amide bonds. The second-order valence-electron chi connectivity index (χ2n) is 8.04. The Morgan fingerprint density at radius 3 is 2.54 bits per heavy atom. The van der Waals surface area contributed by atoms with Gasteiger partial charge in [-0.3, -0.25) is 9.78 Å². The van der Waals surface area contributed by atoms with Crippen LogP contribution in [0.2, 0.25) is 0 Å². The standard InChI is InChI=1S/C20H27N5O/c1-15(2)18-23-22-17-6-7-20(10-14-25(17)18)8-12-24(13-9-20)19(26)16-5-3-4-11-21-16/h3-5,11,15H,6-10,12-14H2,1-2H3. The third-order valence-corrected chi connectivity index (χ3v) is 6.11. The van der Waals surface area contributed by atoms with Crippen LogP contribution in [0.1, 0.15) is 67.6 Å². The summed E-state index contributed by atoms with van der Waals surface area (Å²) in [5, 5.41) is 8.83. The molecular weight excluding hydrogens is 326 g/mol. The lowest BCUT2D eigenvalue weighted by molar-refractivity contribution is 0.0530. The topological polar surface area (TPSA) is 63.9 Å². The van der Waals surface area contributed by atoms with E-state index in [4.69, 9.17) is 0 Å². The summed E-state index contributed by atoms with van der Waals surface area (Å²) < 4.78 is 2.34. The zero-order chi connectivity index (χ0) is 18.1. The maximum absolute atomic E-state index is 12.6. The molecular formula is C20H27N5O. The SMILES string of the molecule is CC(C)c1nnc2n1CCC1(CC2)CCN(C(=O)c2ccccn2)CC1. The average Bonchev–Trinajstić information content (AvgIpc) is 3.01. The van der Waals surface area contributed by atoms with Gasteiger partial charge in [-0.25, -0.2) is 0 Å². The monoisotopic (exact) mass is 353 g/mol. The highest BCUT2D eigenvalue weighted by atomic mass is 16.2. The van der Waals surface area contributed by atoms with Gasteiger partial charge in [0.1, 0.15) is 17.3 Å². The van der Waals surface area contributed by atoms with Gasteiger partial charge in [0.15, 0.2) is 0 Å². The largest absolute Gasteiger partial charge is 0.337 e. The number of piperidine rings is 1. The Bertz CT molecular complexity index is 775. The Kier molecular flexibility index (Phi) is 4.51. The highest BCUT2D eigenvalue weighted by Crippen LogP contribution is 2.42. The van der Waals surface area contributed by atoms with E-state index in [0.29, 0.717) is 17.0 Å². The summed E-state index contributed by atoms with van der Waals surface area (Å²) in [5.41, 5.74) is 0.882. The molecule has 0 unspecified atom stereocenters. The molecule has 0 N–H and O–H groups in total. The second kappa shape index (κ2) is 6.82. The minimum Gasteiger partial charge on any atom is -0.337 e. The Hall–Kier alpha value is -2.24. The first-order chi connectivity index (χ1) is 12.6. The van der Waals surface area contributed by atoms with Gasteiger partial charge in [-0.1, -0.05) is 19.9 Å². The van der Waals surface area contributed by atoms with Crippen molar-refractivity contribution in [1.29, 1.82) is 0 Å². The van der Waals surface area contributed by atoms with Gasteiger partial charge in [0.2, 0.25) is 0 Å². The predicted molar refractivity (Wildman–Crippen MR) is 98.9 cm³/mol. The average molecular weight is 353 g/mol. The molecule has 1 fully saturated rings. The van der Waals surface area contributed by atoms with Gasteiger partial charge in [0.05, 0.1) is 0 Å². The molecule has 4 heterocycles. The third kappa shape index (κ3) is 3.13. The molecule has 2 aromatic rings. The van der Waals surface area contributed by atoms with E-state index in [2.05, 4.69) is 33.6 Å². The van der Waals surface area contributed by atoms with Gasteiger partial charge < -0.3 is 9.47 Å². The molecule has 0 saturated carbocycles. The van der Waals surface area contributed by atoms with Crippen LogP contribution in [0.25, 0.3) is 0 Å². The van der Waals surface area contributed by atoms with Crippen LogP contribution in [-0.2, 0) is 13.0 Å². The fourth-order valence-corrected chi connectivity index (χ4v) is 4.39. The predicted octanol–water partition coefficient (Wildman–Crippen LogP) is 3.06. The summed E-state index contributed by atoms with van der Waals surface area (Å²) in [4.78, 5) is 18.8. The number of carbonyl (C=O) groups is 1.